The fourth-order valence-corrected chi connectivity index (χ4v) is 2.46. The average molecular weight is 288 g/mol. The average Bonchev–Trinajstić information content (AvgIpc) is 2.97. The summed E-state index contributed by atoms with van der Waals surface area (Å²) in [7, 11) is 0. The van der Waals surface area contributed by atoms with Gasteiger partial charge < -0.3 is 21.1 Å². The van der Waals surface area contributed by atoms with Crippen molar-refractivity contribution in [1.29, 1.82) is 0 Å². The summed E-state index contributed by atoms with van der Waals surface area (Å²) in [6.07, 6.45) is 1.62. The number of aliphatic hydroxyl groups is 1. The largest absolute Gasteiger partial charge is 0.374 e. The molecule has 1 amide bonds. The van der Waals surface area contributed by atoms with Crippen molar-refractivity contribution in [3.05, 3.63) is 48.3 Å². The predicted octanol–water partition coefficient (Wildman–Crippen LogP) is 0.394. The first-order valence-corrected chi connectivity index (χ1v) is 6.86. The van der Waals surface area contributed by atoms with Crippen LogP contribution in [0.4, 0.5) is 0 Å². The van der Waals surface area contributed by atoms with E-state index in [0.29, 0.717) is 11.7 Å². The number of nitrogens with one attached hydrogen (secondary N) is 1. The van der Waals surface area contributed by atoms with Crippen LogP contribution in [0, 0.1) is 0 Å². The van der Waals surface area contributed by atoms with Crippen LogP contribution in [0.2, 0.25) is 0 Å². The minimum absolute atomic E-state index is 0.330. The van der Waals surface area contributed by atoms with Gasteiger partial charge in [-0.2, -0.15) is 0 Å². The molecule has 1 saturated heterocycles. The Labute approximate surface area is 124 Å². The Morgan fingerprint density at radius 1 is 1.48 bits per heavy atom. The van der Waals surface area contributed by atoms with E-state index in [4.69, 9.17) is 10.8 Å². The fourth-order valence-electron chi connectivity index (χ4n) is 2.46. The van der Waals surface area contributed by atoms with Crippen LogP contribution in [0.25, 0.3) is 0 Å². The molecule has 0 radical (unpaired) electrons. The van der Waals surface area contributed by atoms with E-state index >= 15 is 0 Å². The molecule has 4 N–H and O–H groups in total. The van der Waals surface area contributed by atoms with Gasteiger partial charge in [0.1, 0.15) is 24.4 Å². The maximum atomic E-state index is 11.4. The van der Waals surface area contributed by atoms with E-state index in [1.165, 1.54) is 0 Å². The van der Waals surface area contributed by atoms with E-state index in [-0.39, 0.29) is 18.7 Å². The van der Waals surface area contributed by atoms with Gasteiger partial charge in [0.15, 0.2) is 0 Å². The minimum atomic E-state index is -0.351. The lowest BCUT2D eigenvalue weighted by molar-refractivity contribution is -0.121. The maximum absolute atomic E-state index is 11.4. The molecule has 21 heavy (non-hydrogen) atoms. The lowest BCUT2D eigenvalue weighted by Crippen LogP contribution is -2.44. The van der Waals surface area contributed by atoms with E-state index in [1.54, 1.807) is 0 Å². The molecule has 0 aliphatic carbocycles. The zero-order chi connectivity index (χ0) is 15.2. The van der Waals surface area contributed by atoms with Gasteiger partial charge >= 0.3 is 0 Å². The van der Waals surface area contributed by atoms with Gasteiger partial charge in [0.2, 0.25) is 5.91 Å². The van der Waals surface area contributed by atoms with Crippen LogP contribution >= 0.6 is 0 Å². The van der Waals surface area contributed by atoms with E-state index in [2.05, 4.69) is 16.9 Å². The Bertz CT molecular complexity index is 542. The molecule has 1 fully saturated rings. The number of amides is 1. The molecule has 2 rings (SSSR count). The number of rotatable bonds is 5. The lowest BCUT2D eigenvalue weighted by Gasteiger charge is -2.27. The molecule has 1 aliphatic heterocycles. The van der Waals surface area contributed by atoms with Crippen molar-refractivity contribution in [2.45, 2.75) is 18.9 Å². The third-order valence-corrected chi connectivity index (χ3v) is 3.47. The van der Waals surface area contributed by atoms with Crippen LogP contribution in [0.1, 0.15) is 18.4 Å². The molecular weight excluding hydrogens is 268 g/mol. The van der Waals surface area contributed by atoms with Gasteiger partial charge in [-0.05, 0) is 12.8 Å². The van der Waals surface area contributed by atoms with Crippen LogP contribution in [0.5, 0.6) is 0 Å². The normalized spacial score (nSPS) is 18.6. The van der Waals surface area contributed by atoms with E-state index in [1.807, 2.05) is 35.2 Å². The van der Waals surface area contributed by atoms with Crippen molar-refractivity contribution >= 4 is 11.7 Å². The van der Waals surface area contributed by atoms with Gasteiger partial charge in [-0.1, -0.05) is 36.9 Å². The number of aliphatic imine (C=N–C) groups is 1. The van der Waals surface area contributed by atoms with Crippen molar-refractivity contribution in [1.82, 2.24) is 10.2 Å². The lowest BCUT2D eigenvalue weighted by atomic mass is 10.2. The van der Waals surface area contributed by atoms with Crippen molar-refractivity contribution in [2.24, 2.45) is 10.7 Å². The standard InChI is InChI=1S/C15H20N4O2/c1-11(19-9-5-8-13(19)14(16)21)18-15(17-10-20)12-6-3-2-4-7-12/h2-4,6-7,13,20H,1,5,8-10H2,(H2,16,21)(H,17,18). The van der Waals surface area contributed by atoms with E-state index in [9.17, 15) is 4.79 Å². The number of benzene rings is 1. The number of hydrogen-bond acceptors (Lipinski definition) is 4. The van der Waals surface area contributed by atoms with Crippen molar-refractivity contribution in [3.63, 3.8) is 0 Å². The summed E-state index contributed by atoms with van der Waals surface area (Å²) in [6.45, 7) is 4.35. The highest BCUT2D eigenvalue weighted by molar-refractivity contribution is 5.99. The highest BCUT2D eigenvalue weighted by Gasteiger charge is 2.30. The van der Waals surface area contributed by atoms with Crippen LogP contribution in [-0.4, -0.2) is 41.1 Å². The van der Waals surface area contributed by atoms with Crippen molar-refractivity contribution in [3.8, 4) is 0 Å². The number of amidine groups is 1. The Morgan fingerprint density at radius 3 is 2.81 bits per heavy atom. The maximum Gasteiger partial charge on any atom is 0.240 e. The van der Waals surface area contributed by atoms with Gasteiger partial charge in [-0.15, -0.1) is 0 Å². The van der Waals surface area contributed by atoms with Crippen LogP contribution < -0.4 is 11.1 Å². The molecule has 6 nitrogen and oxygen atoms in total. The molecule has 1 atom stereocenters. The highest BCUT2D eigenvalue weighted by atomic mass is 16.3. The second-order valence-electron chi connectivity index (χ2n) is 4.84. The predicted molar refractivity (Wildman–Crippen MR) is 81.3 cm³/mol. The second kappa shape index (κ2) is 6.90. The van der Waals surface area contributed by atoms with Gasteiger partial charge in [-0.3, -0.25) is 4.79 Å². The molecular formula is C15H20N4O2. The van der Waals surface area contributed by atoms with Crippen LogP contribution in [0.3, 0.4) is 0 Å². The Balaban J connectivity index is 2.13. The summed E-state index contributed by atoms with van der Waals surface area (Å²) in [5.41, 5.74) is 6.24. The second-order valence-corrected chi connectivity index (χ2v) is 4.84. The molecule has 0 saturated carbocycles. The number of hydrogen-bond donors (Lipinski definition) is 3. The van der Waals surface area contributed by atoms with Crippen LogP contribution in [-0.2, 0) is 4.79 Å². The quantitative estimate of drug-likeness (QED) is 0.540. The highest BCUT2D eigenvalue weighted by Crippen LogP contribution is 2.20. The minimum Gasteiger partial charge on any atom is -0.374 e. The topological polar surface area (TPSA) is 91.0 Å². The van der Waals surface area contributed by atoms with Crippen LogP contribution in [0.15, 0.2) is 47.7 Å². The summed E-state index contributed by atoms with van der Waals surface area (Å²) in [5, 5.41) is 12.1. The zero-order valence-corrected chi connectivity index (χ0v) is 11.8. The number of carbonyl (C=O) groups excluding carboxylic acids is 1. The SMILES string of the molecule is C=C(NC(=NCO)c1ccccc1)N1CCCC1C(N)=O. The third kappa shape index (κ3) is 3.61. The number of aliphatic hydroxyl groups excluding tert-OH is 1. The monoisotopic (exact) mass is 288 g/mol. The van der Waals surface area contributed by atoms with Gasteiger partial charge in [0, 0.05) is 12.1 Å². The molecule has 0 spiro atoms. The zero-order valence-electron chi connectivity index (χ0n) is 11.8. The summed E-state index contributed by atoms with van der Waals surface area (Å²) >= 11 is 0. The van der Waals surface area contributed by atoms with Gasteiger partial charge in [0.05, 0.1) is 0 Å². The first kappa shape index (κ1) is 15.1. The Morgan fingerprint density at radius 2 is 2.19 bits per heavy atom. The molecule has 1 aromatic rings. The van der Waals surface area contributed by atoms with Crippen molar-refractivity contribution < 1.29 is 9.90 Å². The number of nitrogens with zero attached hydrogens (tertiary/aromatic N) is 2. The molecule has 0 bridgehead atoms. The Hall–Kier alpha value is -2.34. The molecule has 1 unspecified atom stereocenters. The van der Waals surface area contributed by atoms with Gasteiger partial charge in [0.25, 0.3) is 0 Å². The summed E-state index contributed by atoms with van der Waals surface area (Å²) in [5.74, 6) is 0.724. The van der Waals surface area contributed by atoms with E-state index in [0.717, 1.165) is 24.9 Å². The Kier molecular flexibility index (Phi) is 4.94. The van der Waals surface area contributed by atoms with E-state index < -0.39 is 0 Å². The summed E-state index contributed by atoms with van der Waals surface area (Å²) in [4.78, 5) is 17.3. The first-order chi connectivity index (χ1) is 10.1. The molecule has 1 aliphatic rings. The summed E-state index contributed by atoms with van der Waals surface area (Å²) < 4.78 is 0. The number of carbonyl (C=O) groups is 1. The molecule has 1 heterocycles. The smallest absolute Gasteiger partial charge is 0.240 e. The number of likely N-dealkylation sites (tertiary alicyclic amines) is 1. The number of nitrogens with two attached hydrogens (primary N) is 1. The number of primary amides is 1. The fraction of sp³-hybridized carbons (Fsp3) is 0.333. The first-order valence-electron chi connectivity index (χ1n) is 6.86. The summed E-state index contributed by atoms with van der Waals surface area (Å²) in [6, 6.07) is 9.09. The molecule has 112 valence electrons. The molecule has 0 aromatic heterocycles. The third-order valence-electron chi connectivity index (χ3n) is 3.47. The molecule has 1 aromatic carbocycles. The van der Waals surface area contributed by atoms with Gasteiger partial charge in [-0.25, -0.2) is 4.99 Å². The van der Waals surface area contributed by atoms with Crippen molar-refractivity contribution in [2.75, 3.05) is 13.3 Å². The molecule has 6 heteroatoms.